The molecule has 1 amide bonds. The number of ketones is 1. The van der Waals surface area contributed by atoms with Gasteiger partial charge < -0.3 is 19.4 Å². The minimum Gasteiger partial charge on any atom is -0.468 e. The number of piperidine rings is 1. The third kappa shape index (κ3) is 4.27. The van der Waals surface area contributed by atoms with Crippen molar-refractivity contribution in [3.63, 3.8) is 0 Å². The predicted octanol–water partition coefficient (Wildman–Crippen LogP) is -0.785. The highest BCUT2D eigenvalue weighted by Gasteiger charge is 2.35. The van der Waals surface area contributed by atoms with Crippen molar-refractivity contribution in [2.75, 3.05) is 60.0 Å². The van der Waals surface area contributed by atoms with E-state index in [0.717, 1.165) is 32.7 Å². The summed E-state index contributed by atoms with van der Waals surface area (Å²) in [7, 11) is 3.37. The highest BCUT2D eigenvalue weighted by molar-refractivity contribution is 6.00. The minimum atomic E-state index is -0.814. The molecule has 2 saturated heterocycles. The Kier molecular flexibility index (Phi) is 5.90. The maximum atomic E-state index is 12.3. The summed E-state index contributed by atoms with van der Waals surface area (Å²) in [6, 6.07) is 0. The molecule has 2 rings (SSSR count). The van der Waals surface area contributed by atoms with Gasteiger partial charge in [-0.1, -0.05) is 0 Å². The monoisotopic (exact) mass is 311 g/mol. The zero-order valence-electron chi connectivity index (χ0n) is 13.4. The molecule has 2 heterocycles. The van der Waals surface area contributed by atoms with Gasteiger partial charge in [0.25, 0.3) is 0 Å². The second-order valence-corrected chi connectivity index (χ2v) is 6.03. The highest BCUT2D eigenvalue weighted by Crippen LogP contribution is 2.15. The van der Waals surface area contributed by atoms with Gasteiger partial charge in [-0.3, -0.25) is 14.4 Å². The second kappa shape index (κ2) is 7.69. The molecule has 124 valence electrons. The predicted molar refractivity (Wildman–Crippen MR) is 80.3 cm³/mol. The van der Waals surface area contributed by atoms with Gasteiger partial charge >= 0.3 is 5.97 Å². The van der Waals surface area contributed by atoms with E-state index in [1.165, 1.54) is 7.11 Å². The quantitative estimate of drug-likeness (QED) is 0.501. The van der Waals surface area contributed by atoms with Gasteiger partial charge in [-0.15, -0.1) is 0 Å². The Labute approximate surface area is 131 Å². The first-order valence-electron chi connectivity index (χ1n) is 7.80. The number of methoxy groups -OCH3 is 1. The van der Waals surface area contributed by atoms with E-state index in [4.69, 9.17) is 0 Å². The normalized spacial score (nSPS) is 24.4. The van der Waals surface area contributed by atoms with Crippen LogP contribution < -0.4 is 0 Å². The van der Waals surface area contributed by atoms with Crippen LogP contribution in [0, 0.1) is 5.92 Å². The summed E-state index contributed by atoms with van der Waals surface area (Å²) >= 11 is 0. The number of hydrogen-bond acceptors (Lipinski definition) is 6. The van der Waals surface area contributed by atoms with E-state index in [9.17, 15) is 14.4 Å². The van der Waals surface area contributed by atoms with Gasteiger partial charge in [-0.05, 0) is 7.05 Å². The SMILES string of the molecule is COC(=O)C1CN(C(=O)CCN2CCN(C)CC2)CCC1=O. The van der Waals surface area contributed by atoms with Crippen LogP contribution in [-0.2, 0) is 19.1 Å². The van der Waals surface area contributed by atoms with Crippen LogP contribution in [0.15, 0.2) is 0 Å². The molecule has 7 heteroatoms. The molecule has 2 fully saturated rings. The van der Waals surface area contributed by atoms with Crippen molar-refractivity contribution in [1.29, 1.82) is 0 Å². The highest BCUT2D eigenvalue weighted by atomic mass is 16.5. The Bertz CT molecular complexity index is 425. The molecule has 0 saturated carbocycles. The number of likely N-dealkylation sites (N-methyl/N-ethyl adjacent to an activating group) is 1. The Hall–Kier alpha value is -1.47. The average Bonchev–Trinajstić information content (AvgIpc) is 2.53. The standard InChI is InChI=1S/C15H25N3O4/c1-16-7-9-17(10-8-16)5-4-14(20)18-6-3-13(19)12(11-18)15(21)22-2/h12H,3-11H2,1-2H3. The van der Waals surface area contributed by atoms with E-state index in [-0.39, 0.29) is 24.7 Å². The molecular formula is C15H25N3O4. The number of ether oxygens (including phenoxy) is 1. The lowest BCUT2D eigenvalue weighted by atomic mass is 9.96. The number of carbonyl (C=O) groups is 3. The molecule has 0 aromatic heterocycles. The summed E-state index contributed by atoms with van der Waals surface area (Å²) in [5.41, 5.74) is 0. The largest absolute Gasteiger partial charge is 0.468 e. The van der Waals surface area contributed by atoms with Crippen LogP contribution in [0.1, 0.15) is 12.8 Å². The van der Waals surface area contributed by atoms with Crippen molar-refractivity contribution in [3.8, 4) is 0 Å². The number of hydrogen-bond donors (Lipinski definition) is 0. The molecule has 1 atom stereocenters. The summed E-state index contributed by atoms with van der Waals surface area (Å²) < 4.78 is 4.64. The van der Waals surface area contributed by atoms with Crippen LogP contribution in [0.25, 0.3) is 0 Å². The van der Waals surface area contributed by atoms with Gasteiger partial charge in [-0.25, -0.2) is 0 Å². The van der Waals surface area contributed by atoms with Gasteiger partial charge in [-0.2, -0.15) is 0 Å². The number of nitrogens with zero attached hydrogens (tertiary/aromatic N) is 3. The molecule has 22 heavy (non-hydrogen) atoms. The first-order valence-corrected chi connectivity index (χ1v) is 7.80. The molecule has 1 unspecified atom stereocenters. The molecule has 2 aliphatic heterocycles. The first kappa shape index (κ1) is 16.9. The van der Waals surface area contributed by atoms with Crippen molar-refractivity contribution >= 4 is 17.7 Å². The van der Waals surface area contributed by atoms with E-state index in [0.29, 0.717) is 13.0 Å². The topological polar surface area (TPSA) is 70.2 Å². The van der Waals surface area contributed by atoms with Gasteiger partial charge in [0.2, 0.25) is 5.91 Å². The lowest BCUT2D eigenvalue weighted by Gasteiger charge is -2.34. The van der Waals surface area contributed by atoms with Crippen LogP contribution in [-0.4, -0.2) is 92.3 Å². The fourth-order valence-corrected chi connectivity index (χ4v) is 2.89. The van der Waals surface area contributed by atoms with Crippen molar-refractivity contribution < 1.29 is 19.1 Å². The van der Waals surface area contributed by atoms with Crippen LogP contribution >= 0.6 is 0 Å². The van der Waals surface area contributed by atoms with Crippen LogP contribution in [0.4, 0.5) is 0 Å². The van der Waals surface area contributed by atoms with Gasteiger partial charge in [0.15, 0.2) is 5.78 Å². The summed E-state index contributed by atoms with van der Waals surface area (Å²) in [5, 5.41) is 0. The number of amides is 1. The molecule has 0 bridgehead atoms. The maximum Gasteiger partial charge on any atom is 0.318 e. The van der Waals surface area contributed by atoms with Crippen molar-refractivity contribution in [1.82, 2.24) is 14.7 Å². The van der Waals surface area contributed by atoms with Crippen molar-refractivity contribution in [2.45, 2.75) is 12.8 Å². The Morgan fingerprint density at radius 2 is 1.86 bits per heavy atom. The molecule has 0 N–H and O–H groups in total. The van der Waals surface area contributed by atoms with Crippen LogP contribution in [0.5, 0.6) is 0 Å². The lowest BCUT2D eigenvalue weighted by molar-refractivity contribution is -0.153. The number of Topliss-reactive ketones (excluding diaryl/α,β-unsaturated/α-hetero) is 1. The lowest BCUT2D eigenvalue weighted by Crippen LogP contribution is -2.49. The number of rotatable bonds is 4. The molecule has 0 spiro atoms. The fourth-order valence-electron chi connectivity index (χ4n) is 2.89. The third-order valence-electron chi connectivity index (χ3n) is 4.50. The molecule has 2 aliphatic rings. The first-order chi connectivity index (χ1) is 10.5. The number of likely N-dealkylation sites (tertiary alicyclic amines) is 1. The zero-order chi connectivity index (χ0) is 16.1. The molecule has 0 aromatic rings. The Balaban J connectivity index is 1.79. The fraction of sp³-hybridized carbons (Fsp3) is 0.800. The van der Waals surface area contributed by atoms with Crippen LogP contribution in [0.3, 0.4) is 0 Å². The average molecular weight is 311 g/mol. The molecular weight excluding hydrogens is 286 g/mol. The van der Waals surface area contributed by atoms with E-state index >= 15 is 0 Å². The molecule has 0 aromatic carbocycles. The Morgan fingerprint density at radius 1 is 1.18 bits per heavy atom. The number of piperazine rings is 1. The smallest absolute Gasteiger partial charge is 0.318 e. The Morgan fingerprint density at radius 3 is 2.50 bits per heavy atom. The summed E-state index contributed by atoms with van der Waals surface area (Å²) in [5.74, 6) is -1.47. The third-order valence-corrected chi connectivity index (χ3v) is 4.50. The minimum absolute atomic E-state index is 0.0142. The van der Waals surface area contributed by atoms with Gasteiger partial charge in [0.1, 0.15) is 5.92 Å². The summed E-state index contributed by atoms with van der Waals surface area (Å²) in [4.78, 5) is 41.8. The zero-order valence-corrected chi connectivity index (χ0v) is 13.4. The van der Waals surface area contributed by atoms with E-state index in [2.05, 4.69) is 21.6 Å². The number of esters is 1. The summed E-state index contributed by atoms with van der Waals surface area (Å²) in [6.45, 7) is 5.31. The van der Waals surface area contributed by atoms with Gasteiger partial charge in [0.05, 0.1) is 7.11 Å². The molecule has 0 radical (unpaired) electrons. The van der Waals surface area contributed by atoms with E-state index < -0.39 is 11.9 Å². The van der Waals surface area contributed by atoms with Crippen molar-refractivity contribution in [3.05, 3.63) is 0 Å². The maximum absolute atomic E-state index is 12.3. The van der Waals surface area contributed by atoms with E-state index in [1.54, 1.807) is 4.90 Å². The molecule has 0 aliphatic carbocycles. The van der Waals surface area contributed by atoms with Gasteiger partial charge in [0, 0.05) is 58.7 Å². The van der Waals surface area contributed by atoms with Crippen LogP contribution in [0.2, 0.25) is 0 Å². The summed E-state index contributed by atoms with van der Waals surface area (Å²) in [6.07, 6.45) is 0.672. The van der Waals surface area contributed by atoms with Crippen molar-refractivity contribution in [2.24, 2.45) is 5.92 Å². The van der Waals surface area contributed by atoms with E-state index in [1.807, 2.05) is 0 Å². The second-order valence-electron chi connectivity index (χ2n) is 6.03. The molecule has 7 nitrogen and oxygen atoms in total. The number of carbonyl (C=O) groups excluding carboxylic acids is 3.